The molecule has 0 aliphatic carbocycles. The van der Waals surface area contributed by atoms with Crippen molar-refractivity contribution in [2.24, 2.45) is 5.73 Å². The number of amides is 1. The minimum absolute atomic E-state index is 0.467. The van der Waals surface area contributed by atoms with Crippen molar-refractivity contribution >= 4 is 17.7 Å². The lowest BCUT2D eigenvalue weighted by atomic mass is 10.0. The number of ether oxygens (including phenoxy) is 1. The number of nitrogens with two attached hydrogens (primary N) is 1. The van der Waals surface area contributed by atoms with E-state index >= 15 is 0 Å². The van der Waals surface area contributed by atoms with Gasteiger partial charge in [0.1, 0.15) is 0 Å². The van der Waals surface area contributed by atoms with Crippen molar-refractivity contribution in [3.8, 4) is 0 Å². The van der Waals surface area contributed by atoms with Crippen LogP contribution in [0.4, 0.5) is 4.79 Å². The summed E-state index contributed by atoms with van der Waals surface area (Å²) < 4.78 is 4.84. The Morgan fingerprint density at radius 2 is 2.00 bits per heavy atom. The zero-order valence-electron chi connectivity index (χ0n) is 11.1. The van der Waals surface area contributed by atoms with E-state index in [2.05, 4.69) is 0 Å². The number of rotatable bonds is 3. The van der Waals surface area contributed by atoms with Crippen LogP contribution in [0.1, 0.15) is 38.0 Å². The second-order valence-electron chi connectivity index (χ2n) is 3.58. The standard InChI is InChI=1S/C11H14ClNO3.C2H6/c1-6-4-3-5-8(9(6)12)10(7(2)14)16-11(13)15;1-2/h3-5,7,10,14H,1-2H3,(H2,13,15);1-2H3. The van der Waals surface area contributed by atoms with Gasteiger partial charge in [0.05, 0.1) is 11.1 Å². The molecule has 0 aliphatic rings. The predicted molar refractivity (Wildman–Crippen MR) is 72.6 cm³/mol. The van der Waals surface area contributed by atoms with Gasteiger partial charge in [-0.1, -0.05) is 43.6 Å². The van der Waals surface area contributed by atoms with E-state index in [-0.39, 0.29) is 0 Å². The quantitative estimate of drug-likeness (QED) is 0.888. The van der Waals surface area contributed by atoms with Crippen molar-refractivity contribution in [2.45, 2.75) is 39.9 Å². The van der Waals surface area contributed by atoms with Crippen molar-refractivity contribution in [2.75, 3.05) is 0 Å². The molecular formula is C13H20ClNO3. The molecule has 102 valence electrons. The Bertz CT molecular complexity index is 394. The van der Waals surface area contributed by atoms with Crippen LogP contribution >= 0.6 is 11.6 Å². The molecular weight excluding hydrogens is 254 g/mol. The first-order valence-corrected chi connectivity index (χ1v) is 6.20. The molecule has 0 fully saturated rings. The Labute approximate surface area is 113 Å². The molecule has 0 bridgehead atoms. The monoisotopic (exact) mass is 273 g/mol. The third-order valence-corrected chi connectivity index (χ3v) is 2.73. The van der Waals surface area contributed by atoms with E-state index in [1.54, 1.807) is 12.1 Å². The summed E-state index contributed by atoms with van der Waals surface area (Å²) in [6, 6.07) is 5.29. The summed E-state index contributed by atoms with van der Waals surface area (Å²) in [5.74, 6) is 0. The van der Waals surface area contributed by atoms with E-state index in [1.165, 1.54) is 6.92 Å². The zero-order valence-corrected chi connectivity index (χ0v) is 11.9. The number of benzene rings is 1. The van der Waals surface area contributed by atoms with Gasteiger partial charge in [-0.15, -0.1) is 0 Å². The fourth-order valence-electron chi connectivity index (χ4n) is 1.44. The van der Waals surface area contributed by atoms with Crippen LogP contribution in [0.2, 0.25) is 5.02 Å². The van der Waals surface area contributed by atoms with Gasteiger partial charge in [0.15, 0.2) is 6.10 Å². The number of hydrogen-bond acceptors (Lipinski definition) is 3. The first kappa shape index (κ1) is 16.7. The van der Waals surface area contributed by atoms with Crippen molar-refractivity contribution in [1.29, 1.82) is 0 Å². The molecule has 0 saturated carbocycles. The third kappa shape index (κ3) is 4.55. The number of aliphatic hydroxyl groups excluding tert-OH is 1. The lowest BCUT2D eigenvalue weighted by molar-refractivity contribution is 0.0148. The fraction of sp³-hybridized carbons (Fsp3) is 0.462. The number of primary amides is 1. The van der Waals surface area contributed by atoms with E-state index < -0.39 is 18.3 Å². The van der Waals surface area contributed by atoms with Crippen LogP contribution in [0.15, 0.2) is 18.2 Å². The highest BCUT2D eigenvalue weighted by Gasteiger charge is 2.23. The highest BCUT2D eigenvalue weighted by molar-refractivity contribution is 6.32. The third-order valence-electron chi connectivity index (χ3n) is 2.21. The number of hydrogen-bond donors (Lipinski definition) is 2. The van der Waals surface area contributed by atoms with Crippen LogP contribution in [-0.2, 0) is 4.74 Å². The summed E-state index contributed by atoms with van der Waals surface area (Å²) >= 11 is 6.07. The number of carbonyl (C=O) groups is 1. The van der Waals surface area contributed by atoms with Gasteiger partial charge in [0, 0.05) is 5.56 Å². The topological polar surface area (TPSA) is 72.5 Å². The fourth-order valence-corrected chi connectivity index (χ4v) is 1.67. The maximum Gasteiger partial charge on any atom is 0.405 e. The highest BCUT2D eigenvalue weighted by Crippen LogP contribution is 2.30. The maximum atomic E-state index is 10.7. The summed E-state index contributed by atoms with van der Waals surface area (Å²) in [5.41, 5.74) is 6.34. The molecule has 0 saturated heterocycles. The molecule has 5 heteroatoms. The summed E-state index contributed by atoms with van der Waals surface area (Å²) in [7, 11) is 0. The van der Waals surface area contributed by atoms with Gasteiger partial charge in [0.2, 0.25) is 0 Å². The van der Waals surface area contributed by atoms with Crippen molar-refractivity contribution in [3.63, 3.8) is 0 Å². The summed E-state index contributed by atoms with van der Waals surface area (Å²) in [5, 5.41) is 10.0. The van der Waals surface area contributed by atoms with E-state index in [0.29, 0.717) is 10.6 Å². The van der Waals surface area contributed by atoms with Crippen molar-refractivity contribution in [1.82, 2.24) is 0 Å². The van der Waals surface area contributed by atoms with Gasteiger partial charge in [-0.05, 0) is 19.4 Å². The molecule has 2 atom stereocenters. The lowest BCUT2D eigenvalue weighted by Crippen LogP contribution is -2.25. The van der Waals surface area contributed by atoms with Gasteiger partial charge in [-0.3, -0.25) is 0 Å². The number of aryl methyl sites for hydroxylation is 1. The molecule has 3 N–H and O–H groups in total. The van der Waals surface area contributed by atoms with Gasteiger partial charge in [-0.25, -0.2) is 4.79 Å². The molecule has 0 radical (unpaired) electrons. The average Bonchev–Trinajstić information content (AvgIpc) is 2.32. The molecule has 1 rings (SSSR count). The van der Waals surface area contributed by atoms with Gasteiger partial charge in [-0.2, -0.15) is 0 Å². The Hall–Kier alpha value is -1.26. The smallest absolute Gasteiger partial charge is 0.405 e. The van der Waals surface area contributed by atoms with E-state index in [1.807, 2.05) is 26.8 Å². The molecule has 0 heterocycles. The Morgan fingerprint density at radius 1 is 1.44 bits per heavy atom. The SMILES string of the molecule is CC.Cc1cccc(C(OC(N)=O)C(C)O)c1Cl. The highest BCUT2D eigenvalue weighted by atomic mass is 35.5. The largest absolute Gasteiger partial charge is 0.439 e. The van der Waals surface area contributed by atoms with Crippen LogP contribution in [-0.4, -0.2) is 17.3 Å². The van der Waals surface area contributed by atoms with Crippen LogP contribution in [0.25, 0.3) is 0 Å². The first-order chi connectivity index (χ1) is 8.43. The molecule has 4 nitrogen and oxygen atoms in total. The van der Waals surface area contributed by atoms with Crippen molar-refractivity contribution in [3.05, 3.63) is 34.3 Å². The minimum atomic E-state index is -0.941. The maximum absolute atomic E-state index is 10.7. The van der Waals surface area contributed by atoms with Gasteiger partial charge >= 0.3 is 6.09 Å². The normalized spacial score (nSPS) is 13.0. The summed E-state index contributed by atoms with van der Waals surface area (Å²) in [6.07, 6.45) is -2.67. The molecule has 2 unspecified atom stereocenters. The number of carbonyl (C=O) groups excluding carboxylic acids is 1. The Morgan fingerprint density at radius 3 is 2.44 bits per heavy atom. The zero-order chi connectivity index (χ0) is 14.3. The second-order valence-corrected chi connectivity index (χ2v) is 3.95. The molecule has 0 aliphatic heterocycles. The van der Waals surface area contributed by atoms with Crippen molar-refractivity contribution < 1.29 is 14.6 Å². The van der Waals surface area contributed by atoms with E-state index in [0.717, 1.165) is 5.56 Å². The Balaban J connectivity index is 0.00000137. The number of aliphatic hydroxyl groups is 1. The van der Waals surface area contributed by atoms with Crippen LogP contribution in [0, 0.1) is 6.92 Å². The first-order valence-electron chi connectivity index (χ1n) is 5.82. The van der Waals surface area contributed by atoms with Gasteiger partial charge < -0.3 is 15.6 Å². The minimum Gasteiger partial charge on any atom is -0.439 e. The Kier molecular flexibility index (Phi) is 7.39. The average molecular weight is 274 g/mol. The molecule has 1 aromatic rings. The molecule has 18 heavy (non-hydrogen) atoms. The molecule has 0 spiro atoms. The molecule has 1 aromatic carbocycles. The summed E-state index contributed by atoms with van der Waals surface area (Å²) in [4.78, 5) is 10.7. The van der Waals surface area contributed by atoms with Gasteiger partial charge in [0.25, 0.3) is 0 Å². The van der Waals surface area contributed by atoms with E-state index in [9.17, 15) is 9.90 Å². The lowest BCUT2D eigenvalue weighted by Gasteiger charge is -2.21. The van der Waals surface area contributed by atoms with E-state index in [4.69, 9.17) is 22.1 Å². The number of halogens is 1. The van der Waals surface area contributed by atoms with Crippen LogP contribution < -0.4 is 5.73 Å². The van der Waals surface area contributed by atoms with Crippen LogP contribution in [0.5, 0.6) is 0 Å². The molecule has 1 amide bonds. The second kappa shape index (κ2) is 7.95. The van der Waals surface area contributed by atoms with Crippen LogP contribution in [0.3, 0.4) is 0 Å². The molecule has 0 aromatic heterocycles. The predicted octanol–water partition coefficient (Wildman–Crippen LogP) is 3.19. The summed E-state index contributed by atoms with van der Waals surface area (Å²) in [6.45, 7) is 7.33.